The summed E-state index contributed by atoms with van der Waals surface area (Å²) in [5.41, 5.74) is 2.37. The van der Waals surface area contributed by atoms with Gasteiger partial charge in [0, 0.05) is 19.3 Å². The lowest BCUT2D eigenvalue weighted by Crippen LogP contribution is -2.38. The van der Waals surface area contributed by atoms with Gasteiger partial charge in [0.25, 0.3) is 0 Å². The van der Waals surface area contributed by atoms with Gasteiger partial charge in [-0.3, -0.25) is 0 Å². The standard InChI is InChI=1S/C15H25N3O2S/c1-4-16-15(17-9-6-10-21(3,19)20)18-12-14-8-5-7-13(2)11-14/h5,7-8,11H,4,6,9-10,12H2,1-3H3,(H2,16,17,18). The van der Waals surface area contributed by atoms with Crippen LogP contribution in [0.4, 0.5) is 0 Å². The first-order valence-corrected chi connectivity index (χ1v) is 9.22. The van der Waals surface area contributed by atoms with Crippen molar-refractivity contribution in [2.24, 2.45) is 4.99 Å². The number of rotatable bonds is 7. The second-order valence-electron chi connectivity index (χ2n) is 5.09. The normalized spacial score (nSPS) is 12.2. The predicted octanol–water partition coefficient (Wildman–Crippen LogP) is 1.48. The van der Waals surface area contributed by atoms with Crippen LogP contribution >= 0.6 is 0 Å². The van der Waals surface area contributed by atoms with E-state index in [2.05, 4.69) is 34.7 Å². The van der Waals surface area contributed by atoms with Gasteiger partial charge in [-0.1, -0.05) is 29.8 Å². The Balaban J connectivity index is 2.50. The fourth-order valence-electron chi connectivity index (χ4n) is 1.86. The van der Waals surface area contributed by atoms with Gasteiger partial charge in [-0.05, 0) is 25.8 Å². The zero-order valence-corrected chi connectivity index (χ0v) is 13.8. The summed E-state index contributed by atoms with van der Waals surface area (Å²) in [6.45, 7) is 6.02. The van der Waals surface area contributed by atoms with Crippen LogP contribution in [-0.4, -0.2) is 39.5 Å². The molecule has 0 aliphatic rings. The summed E-state index contributed by atoms with van der Waals surface area (Å²) < 4.78 is 22.1. The van der Waals surface area contributed by atoms with E-state index in [4.69, 9.17) is 0 Å². The van der Waals surface area contributed by atoms with Crippen LogP contribution in [0.1, 0.15) is 24.5 Å². The minimum Gasteiger partial charge on any atom is -0.357 e. The van der Waals surface area contributed by atoms with Gasteiger partial charge in [-0.15, -0.1) is 0 Å². The van der Waals surface area contributed by atoms with Crippen LogP contribution in [0.2, 0.25) is 0 Å². The molecular formula is C15H25N3O2S. The van der Waals surface area contributed by atoms with E-state index in [9.17, 15) is 8.42 Å². The number of guanidine groups is 1. The largest absolute Gasteiger partial charge is 0.357 e. The van der Waals surface area contributed by atoms with Crippen molar-refractivity contribution in [3.63, 3.8) is 0 Å². The number of hydrogen-bond acceptors (Lipinski definition) is 3. The van der Waals surface area contributed by atoms with E-state index in [0.717, 1.165) is 12.1 Å². The zero-order valence-electron chi connectivity index (χ0n) is 13.0. The average Bonchev–Trinajstić information content (AvgIpc) is 2.39. The van der Waals surface area contributed by atoms with Crippen molar-refractivity contribution in [3.05, 3.63) is 35.4 Å². The second-order valence-corrected chi connectivity index (χ2v) is 7.35. The summed E-state index contributed by atoms with van der Waals surface area (Å²) in [4.78, 5) is 4.50. The highest BCUT2D eigenvalue weighted by molar-refractivity contribution is 7.90. The third-order valence-corrected chi connectivity index (χ3v) is 3.86. The summed E-state index contributed by atoms with van der Waals surface area (Å²) >= 11 is 0. The van der Waals surface area contributed by atoms with E-state index in [1.54, 1.807) is 0 Å². The lowest BCUT2D eigenvalue weighted by Gasteiger charge is -2.11. The second kappa shape index (κ2) is 8.67. The molecule has 0 amide bonds. The van der Waals surface area contributed by atoms with Gasteiger partial charge >= 0.3 is 0 Å². The Morgan fingerprint density at radius 3 is 2.67 bits per heavy atom. The Bertz CT molecular complexity index is 568. The molecule has 6 heteroatoms. The molecule has 118 valence electrons. The molecule has 0 aromatic heterocycles. The van der Waals surface area contributed by atoms with Gasteiger partial charge < -0.3 is 10.6 Å². The molecule has 21 heavy (non-hydrogen) atoms. The molecule has 0 bridgehead atoms. The molecule has 0 radical (unpaired) electrons. The lowest BCUT2D eigenvalue weighted by atomic mass is 10.1. The number of nitrogens with zero attached hydrogens (tertiary/aromatic N) is 1. The molecule has 0 spiro atoms. The molecular weight excluding hydrogens is 286 g/mol. The van der Waals surface area contributed by atoms with Gasteiger partial charge in [0.1, 0.15) is 9.84 Å². The van der Waals surface area contributed by atoms with Crippen molar-refractivity contribution in [1.82, 2.24) is 10.6 Å². The van der Waals surface area contributed by atoms with Gasteiger partial charge in [-0.2, -0.15) is 0 Å². The Labute approximate surface area is 127 Å². The molecule has 0 aliphatic heterocycles. The molecule has 0 heterocycles. The van der Waals surface area contributed by atoms with E-state index in [0.29, 0.717) is 25.5 Å². The first-order chi connectivity index (χ1) is 9.90. The monoisotopic (exact) mass is 311 g/mol. The maximum atomic E-state index is 11.1. The molecule has 5 nitrogen and oxygen atoms in total. The summed E-state index contributed by atoms with van der Waals surface area (Å²) in [5, 5.41) is 6.31. The molecule has 0 unspecified atom stereocenters. The first kappa shape index (κ1) is 17.5. The van der Waals surface area contributed by atoms with Gasteiger partial charge in [0.15, 0.2) is 5.96 Å². The Hall–Kier alpha value is -1.56. The summed E-state index contributed by atoms with van der Waals surface area (Å²) in [6, 6.07) is 8.23. The maximum Gasteiger partial charge on any atom is 0.191 e. The number of benzene rings is 1. The van der Waals surface area contributed by atoms with Gasteiger partial charge in [0.05, 0.1) is 12.3 Å². The molecule has 1 aromatic rings. The highest BCUT2D eigenvalue weighted by atomic mass is 32.2. The number of aryl methyl sites for hydroxylation is 1. The highest BCUT2D eigenvalue weighted by Gasteiger charge is 2.02. The molecule has 0 saturated carbocycles. The molecule has 0 saturated heterocycles. The van der Waals surface area contributed by atoms with Crippen LogP contribution < -0.4 is 10.6 Å². The minimum absolute atomic E-state index is 0.192. The topological polar surface area (TPSA) is 70.6 Å². The quantitative estimate of drug-likeness (QED) is 0.455. The molecule has 1 aromatic carbocycles. The molecule has 1 rings (SSSR count). The van der Waals surface area contributed by atoms with E-state index < -0.39 is 9.84 Å². The van der Waals surface area contributed by atoms with E-state index >= 15 is 0 Å². The summed E-state index contributed by atoms with van der Waals surface area (Å²) in [5.74, 6) is 0.907. The summed E-state index contributed by atoms with van der Waals surface area (Å²) in [7, 11) is -2.89. The van der Waals surface area contributed by atoms with Crippen molar-refractivity contribution >= 4 is 15.8 Å². The van der Waals surface area contributed by atoms with E-state index in [1.165, 1.54) is 11.8 Å². The summed E-state index contributed by atoms with van der Waals surface area (Å²) in [6.07, 6.45) is 1.83. The zero-order chi connectivity index (χ0) is 15.7. The number of sulfone groups is 1. The number of aliphatic imine (C=N–C) groups is 1. The van der Waals surface area contributed by atoms with Crippen molar-refractivity contribution < 1.29 is 8.42 Å². The van der Waals surface area contributed by atoms with Gasteiger partial charge in [0.2, 0.25) is 0 Å². The van der Waals surface area contributed by atoms with Crippen molar-refractivity contribution in [1.29, 1.82) is 0 Å². The average molecular weight is 311 g/mol. The lowest BCUT2D eigenvalue weighted by molar-refractivity contribution is 0.598. The molecule has 0 atom stereocenters. The Morgan fingerprint density at radius 2 is 2.05 bits per heavy atom. The number of hydrogen-bond donors (Lipinski definition) is 2. The van der Waals surface area contributed by atoms with Crippen LogP contribution in [0.15, 0.2) is 29.3 Å². The van der Waals surface area contributed by atoms with Crippen LogP contribution in [0.5, 0.6) is 0 Å². The Morgan fingerprint density at radius 1 is 1.29 bits per heavy atom. The molecule has 0 aliphatic carbocycles. The fraction of sp³-hybridized carbons (Fsp3) is 0.533. The highest BCUT2D eigenvalue weighted by Crippen LogP contribution is 2.04. The third-order valence-electron chi connectivity index (χ3n) is 2.83. The van der Waals surface area contributed by atoms with Crippen LogP contribution in [0, 0.1) is 6.92 Å². The molecule has 0 fully saturated rings. The minimum atomic E-state index is -2.89. The van der Waals surface area contributed by atoms with Crippen LogP contribution in [0.25, 0.3) is 0 Å². The maximum absolute atomic E-state index is 11.1. The Kier molecular flexibility index (Phi) is 7.22. The van der Waals surface area contributed by atoms with Crippen LogP contribution in [-0.2, 0) is 16.4 Å². The van der Waals surface area contributed by atoms with Crippen molar-refractivity contribution in [2.45, 2.75) is 26.8 Å². The molecule has 2 N–H and O–H groups in total. The van der Waals surface area contributed by atoms with E-state index in [-0.39, 0.29) is 5.75 Å². The SMILES string of the molecule is CCNC(=NCc1cccc(C)c1)NCCCS(C)(=O)=O. The van der Waals surface area contributed by atoms with E-state index in [1.807, 2.05) is 19.1 Å². The third kappa shape index (κ3) is 8.34. The van der Waals surface area contributed by atoms with Crippen LogP contribution in [0.3, 0.4) is 0 Å². The number of nitrogens with one attached hydrogen (secondary N) is 2. The predicted molar refractivity (Wildman–Crippen MR) is 88.3 cm³/mol. The first-order valence-electron chi connectivity index (χ1n) is 7.16. The fourth-order valence-corrected chi connectivity index (χ4v) is 2.53. The van der Waals surface area contributed by atoms with Crippen molar-refractivity contribution in [2.75, 3.05) is 25.1 Å². The van der Waals surface area contributed by atoms with Gasteiger partial charge in [-0.25, -0.2) is 13.4 Å². The van der Waals surface area contributed by atoms with Crippen molar-refractivity contribution in [3.8, 4) is 0 Å². The smallest absolute Gasteiger partial charge is 0.191 e.